The maximum Gasteiger partial charge on any atom is 0.416 e. The van der Waals surface area contributed by atoms with Crippen molar-refractivity contribution in [3.05, 3.63) is 60.7 Å². The molecule has 2 amide bonds. The van der Waals surface area contributed by atoms with Crippen molar-refractivity contribution in [3.63, 3.8) is 0 Å². The molecule has 1 heterocycles. The fourth-order valence-corrected chi connectivity index (χ4v) is 10.3. The number of hydrogen-bond acceptors (Lipinski definition) is 5. The largest absolute Gasteiger partial charge is 0.447 e. The van der Waals surface area contributed by atoms with Gasteiger partial charge in [-0.1, -0.05) is 117 Å². The number of allylic oxidation sites excluding steroid dienone is 2. The van der Waals surface area contributed by atoms with Gasteiger partial charge >= 0.3 is 6.09 Å². The van der Waals surface area contributed by atoms with Crippen molar-refractivity contribution in [1.29, 1.82) is 0 Å². The van der Waals surface area contributed by atoms with E-state index < -0.39 is 34.7 Å². The molecule has 0 aromatic heterocycles. The monoisotopic (exact) mass is 629 g/mol. The van der Waals surface area contributed by atoms with E-state index in [1.54, 1.807) is 6.08 Å². The van der Waals surface area contributed by atoms with Gasteiger partial charge in [0.15, 0.2) is 16.6 Å². The summed E-state index contributed by atoms with van der Waals surface area (Å²) in [4.78, 5) is 28.7. The van der Waals surface area contributed by atoms with E-state index in [9.17, 15) is 9.59 Å². The zero-order valence-corrected chi connectivity index (χ0v) is 30.8. The predicted octanol–water partition coefficient (Wildman–Crippen LogP) is 9.01. The molecule has 0 aliphatic carbocycles. The number of amides is 2. The number of benzene rings is 1. The highest BCUT2D eigenvalue weighted by Crippen LogP contribution is 2.41. The van der Waals surface area contributed by atoms with E-state index in [0.717, 1.165) is 23.7 Å². The Balaban J connectivity index is 2.56. The minimum atomic E-state index is -2.33. The molecule has 1 fully saturated rings. The summed E-state index contributed by atoms with van der Waals surface area (Å²) < 4.78 is 19.9. The van der Waals surface area contributed by atoms with Gasteiger partial charge in [-0.3, -0.25) is 4.79 Å². The molecule has 0 radical (unpaired) electrons. The van der Waals surface area contributed by atoms with E-state index in [2.05, 4.69) is 81.1 Å². The van der Waals surface area contributed by atoms with Gasteiger partial charge < -0.3 is 13.6 Å². The molecule has 1 aromatic rings. The van der Waals surface area contributed by atoms with Crippen LogP contribution in [0.1, 0.15) is 67.9 Å². The number of ether oxygens (including phenoxy) is 1. The number of imide groups is 1. The number of hydrogen-bond donors (Lipinski definition) is 0. The smallest absolute Gasteiger partial charge is 0.416 e. The molecular weight excluding hydrogens is 571 g/mol. The molecule has 43 heavy (non-hydrogen) atoms. The Morgan fingerprint density at radius 2 is 1.63 bits per heavy atom. The second kappa shape index (κ2) is 15.8. The first-order chi connectivity index (χ1) is 20.1. The molecule has 1 aliphatic rings. The van der Waals surface area contributed by atoms with Crippen LogP contribution < -0.4 is 0 Å². The molecule has 0 spiro atoms. The van der Waals surface area contributed by atoms with Crippen molar-refractivity contribution in [2.24, 2.45) is 17.8 Å². The maximum absolute atomic E-state index is 14.4. The maximum atomic E-state index is 14.4. The van der Waals surface area contributed by atoms with Crippen LogP contribution in [-0.4, -0.2) is 58.4 Å². The second-order valence-corrected chi connectivity index (χ2v) is 23.4. The summed E-state index contributed by atoms with van der Waals surface area (Å²) >= 11 is 0. The zero-order valence-electron chi connectivity index (χ0n) is 28.8. The Morgan fingerprint density at radius 1 is 1.05 bits per heavy atom. The van der Waals surface area contributed by atoms with Crippen LogP contribution in [0.25, 0.3) is 0 Å². The van der Waals surface area contributed by atoms with Crippen molar-refractivity contribution in [2.75, 3.05) is 6.61 Å². The Bertz CT molecular complexity index is 1070. The summed E-state index contributed by atoms with van der Waals surface area (Å²) in [6.45, 7) is 28.2. The lowest BCUT2D eigenvalue weighted by molar-refractivity contribution is -0.138. The molecule has 6 atom stereocenters. The average Bonchev–Trinajstić information content (AvgIpc) is 3.33. The first kappa shape index (κ1) is 37.2. The third-order valence-electron chi connectivity index (χ3n) is 10.1. The molecule has 0 saturated carbocycles. The Labute approximate surface area is 264 Å². The van der Waals surface area contributed by atoms with Crippen LogP contribution in [0, 0.1) is 17.8 Å². The Hall–Kier alpha value is -2.01. The van der Waals surface area contributed by atoms with Crippen molar-refractivity contribution >= 4 is 28.6 Å². The van der Waals surface area contributed by atoms with E-state index >= 15 is 0 Å². The summed E-state index contributed by atoms with van der Waals surface area (Å²) in [6, 6.07) is 12.7. The molecule has 2 rings (SSSR count). The highest BCUT2D eigenvalue weighted by Gasteiger charge is 2.49. The minimum Gasteiger partial charge on any atom is -0.447 e. The molecule has 8 heteroatoms. The van der Waals surface area contributed by atoms with Crippen LogP contribution in [-0.2, 0) is 24.8 Å². The lowest BCUT2D eigenvalue weighted by atomic mass is 9.83. The fourth-order valence-electron chi connectivity index (χ4n) is 5.84. The SMILES string of the molecule is C=CC=C[C@H](C)[C@H](O[Si](CC)(CC)CC)[C@@H](C)[C@H](O[Si](C)(C)C(C)(C)C)[C@@H](C)C(=O)N1C(=O)OC[C@H]1Cc1ccccc1. The molecule has 0 unspecified atom stereocenters. The molecular formula is C35H59NO5Si2. The molecule has 242 valence electrons. The lowest BCUT2D eigenvalue weighted by Crippen LogP contribution is -2.55. The number of carbonyl (C=O) groups is 2. The summed E-state index contributed by atoms with van der Waals surface area (Å²) in [5.74, 6) is -0.840. The Kier molecular flexibility index (Phi) is 13.7. The molecule has 1 aromatic carbocycles. The number of nitrogens with zero attached hydrogens (tertiary/aromatic N) is 1. The van der Waals surface area contributed by atoms with Gasteiger partial charge in [0, 0.05) is 5.92 Å². The number of rotatable bonds is 16. The van der Waals surface area contributed by atoms with E-state index in [1.807, 2.05) is 43.3 Å². The predicted molar refractivity (Wildman–Crippen MR) is 183 cm³/mol. The van der Waals surface area contributed by atoms with E-state index in [-0.39, 0.29) is 41.5 Å². The quantitative estimate of drug-likeness (QED) is 0.135. The van der Waals surface area contributed by atoms with Gasteiger partial charge in [-0.25, -0.2) is 9.69 Å². The Morgan fingerprint density at radius 3 is 2.14 bits per heavy atom. The number of carbonyl (C=O) groups excluding carboxylic acids is 2. The summed E-state index contributed by atoms with van der Waals surface area (Å²) in [6.07, 6.45) is 5.32. The van der Waals surface area contributed by atoms with Crippen molar-refractivity contribution < 1.29 is 23.2 Å². The molecule has 6 nitrogen and oxygen atoms in total. The van der Waals surface area contributed by atoms with Gasteiger partial charge in [-0.2, -0.15) is 0 Å². The van der Waals surface area contributed by atoms with Crippen LogP contribution in [0.4, 0.5) is 4.79 Å². The summed E-state index contributed by atoms with van der Waals surface area (Å²) in [5, 5.41) is -0.0599. The van der Waals surface area contributed by atoms with Gasteiger partial charge in [0.25, 0.3) is 0 Å². The first-order valence-corrected chi connectivity index (χ1v) is 21.7. The zero-order chi connectivity index (χ0) is 32.6. The van der Waals surface area contributed by atoms with E-state index in [1.165, 1.54) is 4.90 Å². The highest BCUT2D eigenvalue weighted by molar-refractivity contribution is 6.74. The van der Waals surface area contributed by atoms with E-state index in [4.69, 9.17) is 13.6 Å². The van der Waals surface area contributed by atoms with Crippen molar-refractivity contribution in [3.8, 4) is 0 Å². The molecule has 0 N–H and O–H groups in total. The van der Waals surface area contributed by atoms with Gasteiger partial charge in [-0.15, -0.1) is 0 Å². The molecule has 0 bridgehead atoms. The normalized spacial score (nSPS) is 20.0. The first-order valence-electron chi connectivity index (χ1n) is 16.3. The van der Waals surface area contributed by atoms with Crippen LogP contribution in [0.5, 0.6) is 0 Å². The standard InChI is InChI=1S/C35H59NO5Si2/c1-13-17-21-26(5)31(41-43(14-2,15-3)16-4)27(6)32(40-42(11,12)35(8,9)10)28(7)33(37)36-30(25-39-34(36)38)24-29-22-19-18-20-23-29/h13,17-23,26-28,30-32H,1,14-16,24-25H2,2-12H3/t26-,27+,28+,30+,31-,32-/m0/s1. The van der Waals surface area contributed by atoms with Crippen molar-refractivity contribution in [2.45, 2.75) is 123 Å². The summed E-state index contributed by atoms with van der Waals surface area (Å²) in [7, 11) is -4.34. The highest BCUT2D eigenvalue weighted by atomic mass is 28.4. The fraction of sp³-hybridized carbons (Fsp3) is 0.657. The summed E-state index contributed by atoms with van der Waals surface area (Å²) in [5.41, 5.74) is 1.06. The van der Waals surface area contributed by atoms with Crippen LogP contribution >= 0.6 is 0 Å². The van der Waals surface area contributed by atoms with Crippen LogP contribution in [0.3, 0.4) is 0 Å². The third-order valence-corrected chi connectivity index (χ3v) is 19.2. The lowest BCUT2D eigenvalue weighted by Gasteiger charge is -2.46. The van der Waals surface area contributed by atoms with Crippen molar-refractivity contribution in [1.82, 2.24) is 4.90 Å². The second-order valence-electron chi connectivity index (χ2n) is 13.9. The van der Waals surface area contributed by atoms with Crippen LogP contribution in [0.2, 0.25) is 36.3 Å². The average molecular weight is 630 g/mol. The van der Waals surface area contributed by atoms with Gasteiger partial charge in [-0.05, 0) is 54.2 Å². The topological polar surface area (TPSA) is 65.1 Å². The van der Waals surface area contributed by atoms with Gasteiger partial charge in [0.2, 0.25) is 5.91 Å². The molecule has 1 aliphatic heterocycles. The van der Waals surface area contributed by atoms with Crippen LogP contribution in [0.15, 0.2) is 55.1 Å². The third kappa shape index (κ3) is 9.25. The van der Waals surface area contributed by atoms with E-state index in [0.29, 0.717) is 6.42 Å². The number of cyclic esters (lactones) is 1. The molecule has 1 saturated heterocycles. The van der Waals surface area contributed by atoms with Gasteiger partial charge in [0.05, 0.1) is 24.2 Å². The van der Waals surface area contributed by atoms with Gasteiger partial charge in [0.1, 0.15) is 6.61 Å². The minimum absolute atomic E-state index is 0.0599.